The second-order valence-corrected chi connectivity index (χ2v) is 9.19. The molecular weight excluding hydrogens is 387 g/mol. The first-order valence-corrected chi connectivity index (χ1v) is 11.3. The van der Waals surface area contributed by atoms with Gasteiger partial charge in [-0.25, -0.2) is 12.8 Å². The topological polar surface area (TPSA) is 66.5 Å². The zero-order valence-corrected chi connectivity index (χ0v) is 16.4. The van der Waals surface area contributed by atoms with Crippen LogP contribution in [-0.4, -0.2) is 37.5 Å². The third-order valence-electron chi connectivity index (χ3n) is 4.27. The zero-order valence-electron chi connectivity index (χ0n) is 14.7. The summed E-state index contributed by atoms with van der Waals surface area (Å²) in [5.41, 5.74) is 0.987. The van der Waals surface area contributed by atoms with Crippen molar-refractivity contribution >= 4 is 33.4 Å². The number of halogens is 1. The molecule has 0 bridgehead atoms. The van der Waals surface area contributed by atoms with E-state index in [1.165, 1.54) is 34.3 Å². The number of rotatable bonds is 7. The van der Waals surface area contributed by atoms with Crippen LogP contribution in [0.1, 0.15) is 18.4 Å². The van der Waals surface area contributed by atoms with Crippen molar-refractivity contribution < 1.29 is 17.6 Å². The van der Waals surface area contributed by atoms with Gasteiger partial charge in [-0.05, 0) is 42.7 Å². The molecule has 1 aliphatic rings. The van der Waals surface area contributed by atoms with Crippen LogP contribution in [0.3, 0.4) is 0 Å². The maximum absolute atomic E-state index is 13.6. The summed E-state index contributed by atoms with van der Waals surface area (Å²) in [4.78, 5) is 12.3. The van der Waals surface area contributed by atoms with Crippen molar-refractivity contribution in [3.63, 3.8) is 0 Å². The highest BCUT2D eigenvalue weighted by Crippen LogP contribution is 2.23. The summed E-state index contributed by atoms with van der Waals surface area (Å²) < 4.78 is 40.3. The molecule has 2 aromatic carbocycles. The molecule has 8 heteroatoms. The maximum atomic E-state index is 13.6. The first-order valence-electron chi connectivity index (χ1n) is 8.68. The van der Waals surface area contributed by atoms with Crippen LogP contribution in [0.25, 0.3) is 0 Å². The van der Waals surface area contributed by atoms with Gasteiger partial charge in [-0.1, -0.05) is 24.3 Å². The number of nitrogens with one attached hydrogen (secondary N) is 1. The molecule has 2 aromatic rings. The number of carbonyl (C=O) groups excluding carboxylic acids is 1. The van der Waals surface area contributed by atoms with Gasteiger partial charge in [0.2, 0.25) is 15.9 Å². The van der Waals surface area contributed by atoms with Gasteiger partial charge in [0.15, 0.2) is 0 Å². The van der Waals surface area contributed by atoms with E-state index >= 15 is 0 Å². The summed E-state index contributed by atoms with van der Waals surface area (Å²) in [5, 5.41) is 2.71. The van der Waals surface area contributed by atoms with Gasteiger partial charge in [0.25, 0.3) is 0 Å². The van der Waals surface area contributed by atoms with Crippen LogP contribution in [0.15, 0.2) is 53.4 Å². The van der Waals surface area contributed by atoms with E-state index in [-0.39, 0.29) is 22.4 Å². The van der Waals surface area contributed by atoms with E-state index in [0.29, 0.717) is 30.1 Å². The van der Waals surface area contributed by atoms with Crippen LogP contribution in [0.4, 0.5) is 10.1 Å². The van der Waals surface area contributed by atoms with Crippen LogP contribution >= 0.6 is 11.8 Å². The minimum atomic E-state index is -3.52. The monoisotopic (exact) mass is 408 g/mol. The Morgan fingerprint density at radius 3 is 2.59 bits per heavy atom. The average Bonchev–Trinajstić information content (AvgIpc) is 3.19. The van der Waals surface area contributed by atoms with Crippen molar-refractivity contribution in [1.82, 2.24) is 4.31 Å². The van der Waals surface area contributed by atoms with Gasteiger partial charge in [-0.3, -0.25) is 4.79 Å². The van der Waals surface area contributed by atoms with E-state index in [2.05, 4.69) is 5.32 Å². The van der Waals surface area contributed by atoms with Crippen LogP contribution in [-0.2, 0) is 20.6 Å². The van der Waals surface area contributed by atoms with Crippen LogP contribution in [0, 0.1) is 5.82 Å². The maximum Gasteiger partial charge on any atom is 0.243 e. The van der Waals surface area contributed by atoms with Crippen molar-refractivity contribution in [2.24, 2.45) is 0 Å². The summed E-state index contributed by atoms with van der Waals surface area (Å²) >= 11 is 1.30. The molecule has 1 fully saturated rings. The second-order valence-electron chi connectivity index (χ2n) is 6.27. The standard InChI is InChI=1S/C19H21FN2O3S2/c20-18-9-2-1-6-15(18)13-26-14-19(23)21-16-7-5-8-17(12-16)27(24,25)22-10-3-4-11-22/h1-2,5-9,12H,3-4,10-11,13-14H2,(H,21,23). The highest BCUT2D eigenvalue weighted by Gasteiger charge is 2.27. The zero-order chi connectivity index (χ0) is 19.3. The van der Waals surface area contributed by atoms with E-state index in [0.717, 1.165) is 12.8 Å². The van der Waals surface area contributed by atoms with Crippen LogP contribution < -0.4 is 5.32 Å². The first kappa shape index (κ1) is 19.9. The van der Waals surface area contributed by atoms with Crippen molar-refractivity contribution in [2.75, 3.05) is 24.2 Å². The Morgan fingerprint density at radius 2 is 1.85 bits per heavy atom. The largest absolute Gasteiger partial charge is 0.325 e. The van der Waals surface area contributed by atoms with Gasteiger partial charge in [0, 0.05) is 24.5 Å². The Morgan fingerprint density at radius 1 is 1.11 bits per heavy atom. The number of amides is 1. The molecule has 27 heavy (non-hydrogen) atoms. The van der Waals surface area contributed by atoms with Crippen molar-refractivity contribution in [1.29, 1.82) is 0 Å². The Balaban J connectivity index is 1.57. The molecule has 3 rings (SSSR count). The summed E-state index contributed by atoms with van der Waals surface area (Å²) in [6.45, 7) is 1.07. The Bertz CT molecular complexity index is 913. The average molecular weight is 409 g/mol. The molecule has 1 aliphatic heterocycles. The third kappa shape index (κ3) is 5.09. The first-order chi connectivity index (χ1) is 13.0. The molecule has 0 radical (unpaired) electrons. The van der Waals surface area contributed by atoms with Crippen molar-refractivity contribution in [3.05, 3.63) is 59.9 Å². The number of nitrogens with zero attached hydrogens (tertiary/aromatic N) is 1. The fraction of sp³-hybridized carbons (Fsp3) is 0.316. The van der Waals surface area contributed by atoms with Crippen molar-refractivity contribution in [2.45, 2.75) is 23.5 Å². The van der Waals surface area contributed by atoms with Crippen LogP contribution in [0.5, 0.6) is 0 Å². The summed E-state index contributed by atoms with van der Waals surface area (Å²) in [6, 6.07) is 12.7. The molecule has 1 heterocycles. The normalized spacial score (nSPS) is 15.0. The molecule has 0 atom stereocenters. The minimum Gasteiger partial charge on any atom is -0.325 e. The highest BCUT2D eigenvalue weighted by molar-refractivity contribution is 7.99. The van der Waals surface area contributed by atoms with E-state index in [4.69, 9.17) is 0 Å². The summed E-state index contributed by atoms with van der Waals surface area (Å²) in [5.74, 6) is -0.00161. The lowest BCUT2D eigenvalue weighted by Crippen LogP contribution is -2.28. The van der Waals surface area contributed by atoms with E-state index in [1.807, 2.05) is 0 Å². The lowest BCUT2D eigenvalue weighted by molar-refractivity contribution is -0.113. The minimum absolute atomic E-state index is 0.150. The fourth-order valence-electron chi connectivity index (χ4n) is 2.88. The number of thioether (sulfide) groups is 1. The lowest BCUT2D eigenvalue weighted by Gasteiger charge is -2.16. The molecule has 0 saturated carbocycles. The Kier molecular flexibility index (Phi) is 6.51. The molecule has 0 aromatic heterocycles. The smallest absolute Gasteiger partial charge is 0.243 e. The third-order valence-corrected chi connectivity index (χ3v) is 7.15. The van der Waals surface area contributed by atoms with Gasteiger partial charge < -0.3 is 5.32 Å². The number of hydrogen-bond donors (Lipinski definition) is 1. The molecule has 0 spiro atoms. The molecule has 1 saturated heterocycles. The number of sulfonamides is 1. The Labute approximate surface area is 163 Å². The second kappa shape index (κ2) is 8.86. The van der Waals surface area contributed by atoms with Gasteiger partial charge in [-0.15, -0.1) is 11.8 Å². The van der Waals surface area contributed by atoms with E-state index in [9.17, 15) is 17.6 Å². The SMILES string of the molecule is O=C(CSCc1ccccc1F)Nc1cccc(S(=O)(=O)N2CCCC2)c1. The molecule has 1 amide bonds. The van der Waals surface area contributed by atoms with Gasteiger partial charge >= 0.3 is 0 Å². The van der Waals surface area contributed by atoms with E-state index < -0.39 is 10.0 Å². The molecule has 144 valence electrons. The quantitative estimate of drug-likeness (QED) is 0.762. The molecular formula is C19H21FN2O3S2. The highest BCUT2D eigenvalue weighted by atomic mass is 32.2. The van der Waals surface area contributed by atoms with Gasteiger partial charge in [-0.2, -0.15) is 4.31 Å². The summed E-state index contributed by atoms with van der Waals surface area (Å²) in [7, 11) is -3.52. The molecule has 1 N–H and O–H groups in total. The number of anilines is 1. The van der Waals surface area contributed by atoms with Crippen molar-refractivity contribution in [3.8, 4) is 0 Å². The number of carbonyl (C=O) groups is 1. The summed E-state index contributed by atoms with van der Waals surface area (Å²) in [6.07, 6.45) is 1.74. The van der Waals surface area contributed by atoms with Gasteiger partial charge in [0.1, 0.15) is 5.82 Å². The number of benzene rings is 2. The number of hydrogen-bond acceptors (Lipinski definition) is 4. The Hall–Kier alpha value is -1.90. The molecule has 0 aliphatic carbocycles. The lowest BCUT2D eigenvalue weighted by atomic mass is 10.2. The predicted molar refractivity (Wildman–Crippen MR) is 106 cm³/mol. The van der Waals surface area contributed by atoms with Crippen LogP contribution in [0.2, 0.25) is 0 Å². The fourth-order valence-corrected chi connectivity index (χ4v) is 5.26. The predicted octanol–water partition coefficient (Wildman–Crippen LogP) is 3.48. The van der Waals surface area contributed by atoms with Gasteiger partial charge in [0.05, 0.1) is 10.6 Å². The van der Waals surface area contributed by atoms with E-state index in [1.54, 1.807) is 30.3 Å². The molecule has 0 unspecified atom stereocenters. The molecule has 5 nitrogen and oxygen atoms in total.